The number of carbonyl (C=O) groups excluding carboxylic acids is 1. The third kappa shape index (κ3) is 5.04. The van der Waals surface area contributed by atoms with Gasteiger partial charge in [0.15, 0.2) is 5.69 Å². The maximum Gasteiger partial charge on any atom is 0.435 e. The number of halogens is 3. The highest BCUT2D eigenvalue weighted by Gasteiger charge is 2.38. The fourth-order valence-electron chi connectivity index (χ4n) is 3.98. The van der Waals surface area contributed by atoms with Crippen molar-refractivity contribution in [3.63, 3.8) is 0 Å². The number of hydrogen-bond acceptors (Lipinski definition) is 6. The second-order valence-corrected chi connectivity index (χ2v) is 8.94. The van der Waals surface area contributed by atoms with Crippen LogP contribution in [-0.4, -0.2) is 49.5 Å². The van der Waals surface area contributed by atoms with Crippen LogP contribution >= 0.6 is 0 Å². The van der Waals surface area contributed by atoms with Crippen molar-refractivity contribution < 1.29 is 23.1 Å². The Balaban J connectivity index is 1.61. The number of hydrogen-bond donors (Lipinski definition) is 2. The minimum absolute atomic E-state index is 0.0350. The molecule has 34 heavy (non-hydrogen) atoms. The molecule has 4 rings (SSSR count). The number of pyridine rings is 2. The standard InChI is InChI=1S/C23H25F3N6O2/c1-22(2,34)15-7-8-32(13-15)16-9-19(20(27-11-16)23(24,25)26)30-21(33)18-6-4-5-17(29-18)14-10-28-31(3)12-14/h4-6,9-12,15,34H,7-8,13H2,1-3H3,(H,30,33)/t15-/m0/s1. The summed E-state index contributed by atoms with van der Waals surface area (Å²) < 4.78 is 42.5. The van der Waals surface area contributed by atoms with Gasteiger partial charge in [0.25, 0.3) is 5.91 Å². The fourth-order valence-corrected chi connectivity index (χ4v) is 3.98. The average Bonchev–Trinajstić information content (AvgIpc) is 3.42. The zero-order chi connectivity index (χ0) is 24.7. The summed E-state index contributed by atoms with van der Waals surface area (Å²) in [6.07, 6.45) is 0.378. The molecule has 0 aromatic carbocycles. The number of anilines is 2. The third-order valence-electron chi connectivity index (χ3n) is 5.92. The molecule has 1 saturated heterocycles. The van der Waals surface area contributed by atoms with E-state index < -0.39 is 29.1 Å². The van der Waals surface area contributed by atoms with E-state index in [2.05, 4.69) is 20.4 Å². The Hall–Kier alpha value is -3.47. The lowest BCUT2D eigenvalue weighted by atomic mass is 9.90. The monoisotopic (exact) mass is 474 g/mol. The Kier molecular flexibility index (Phi) is 6.07. The molecule has 1 aliphatic heterocycles. The Morgan fingerprint density at radius 3 is 2.62 bits per heavy atom. The number of nitrogens with zero attached hydrogens (tertiary/aromatic N) is 5. The van der Waals surface area contributed by atoms with Crippen LogP contribution in [0.4, 0.5) is 24.5 Å². The van der Waals surface area contributed by atoms with E-state index in [1.807, 2.05) is 4.90 Å². The SMILES string of the molecule is Cn1cc(-c2cccc(C(=O)Nc3cc(N4CC[C@H](C(C)(C)O)C4)cnc3C(F)(F)F)n2)cn1. The van der Waals surface area contributed by atoms with Crippen LogP contribution in [0.25, 0.3) is 11.3 Å². The number of nitrogens with one attached hydrogen (secondary N) is 1. The van der Waals surface area contributed by atoms with Gasteiger partial charge in [-0.15, -0.1) is 0 Å². The highest BCUT2D eigenvalue weighted by atomic mass is 19.4. The molecule has 8 nitrogen and oxygen atoms in total. The van der Waals surface area contributed by atoms with Crippen LogP contribution in [0.3, 0.4) is 0 Å². The lowest BCUT2D eigenvalue weighted by Gasteiger charge is -2.26. The van der Waals surface area contributed by atoms with Crippen molar-refractivity contribution in [1.82, 2.24) is 19.7 Å². The van der Waals surface area contributed by atoms with Crippen LogP contribution in [0, 0.1) is 5.92 Å². The summed E-state index contributed by atoms with van der Waals surface area (Å²) in [6.45, 7) is 4.46. The molecule has 1 amide bonds. The zero-order valence-corrected chi connectivity index (χ0v) is 19.0. The van der Waals surface area contributed by atoms with E-state index >= 15 is 0 Å². The van der Waals surface area contributed by atoms with Gasteiger partial charge in [0.1, 0.15) is 5.69 Å². The molecule has 4 heterocycles. The van der Waals surface area contributed by atoms with Gasteiger partial charge in [-0.3, -0.25) is 9.48 Å². The first kappa shape index (κ1) is 23.7. The summed E-state index contributed by atoms with van der Waals surface area (Å²) in [4.78, 5) is 22.6. The molecule has 2 N–H and O–H groups in total. The van der Waals surface area contributed by atoms with E-state index in [0.29, 0.717) is 36.5 Å². The van der Waals surface area contributed by atoms with Crippen LogP contribution in [0.5, 0.6) is 0 Å². The first-order valence-corrected chi connectivity index (χ1v) is 10.7. The lowest BCUT2D eigenvalue weighted by Crippen LogP contribution is -2.33. The Morgan fingerprint density at radius 1 is 1.24 bits per heavy atom. The predicted octanol–water partition coefficient (Wildman–Crippen LogP) is 3.75. The number of aromatic nitrogens is 4. The molecule has 0 unspecified atom stereocenters. The Bertz CT molecular complexity index is 1200. The molecule has 1 fully saturated rings. The highest BCUT2D eigenvalue weighted by Crippen LogP contribution is 2.37. The van der Waals surface area contributed by atoms with Gasteiger partial charge in [0, 0.05) is 37.8 Å². The third-order valence-corrected chi connectivity index (χ3v) is 5.92. The number of carbonyl (C=O) groups is 1. The van der Waals surface area contributed by atoms with Crippen LogP contribution in [0.15, 0.2) is 42.9 Å². The fraction of sp³-hybridized carbons (Fsp3) is 0.391. The second-order valence-electron chi connectivity index (χ2n) is 8.94. The van der Waals surface area contributed by atoms with Crippen molar-refractivity contribution in [2.24, 2.45) is 13.0 Å². The van der Waals surface area contributed by atoms with Gasteiger partial charge >= 0.3 is 6.18 Å². The lowest BCUT2D eigenvalue weighted by molar-refractivity contribution is -0.140. The van der Waals surface area contributed by atoms with E-state index in [9.17, 15) is 23.1 Å². The van der Waals surface area contributed by atoms with E-state index in [1.165, 1.54) is 12.1 Å². The van der Waals surface area contributed by atoms with Crippen LogP contribution in [0.1, 0.15) is 36.5 Å². The molecule has 180 valence electrons. The highest BCUT2D eigenvalue weighted by molar-refractivity contribution is 6.03. The van der Waals surface area contributed by atoms with Crippen molar-refractivity contribution in [1.29, 1.82) is 0 Å². The predicted molar refractivity (Wildman–Crippen MR) is 120 cm³/mol. The summed E-state index contributed by atoms with van der Waals surface area (Å²) in [5.41, 5.74) is -1.00. The average molecular weight is 474 g/mol. The molecule has 0 spiro atoms. The van der Waals surface area contributed by atoms with Crippen LogP contribution in [0.2, 0.25) is 0 Å². The molecule has 0 radical (unpaired) electrons. The molecule has 1 atom stereocenters. The largest absolute Gasteiger partial charge is 0.435 e. The van der Waals surface area contributed by atoms with Crippen molar-refractivity contribution in [2.45, 2.75) is 32.0 Å². The summed E-state index contributed by atoms with van der Waals surface area (Å²) in [5.74, 6) is -0.821. The van der Waals surface area contributed by atoms with Crippen molar-refractivity contribution in [3.8, 4) is 11.3 Å². The van der Waals surface area contributed by atoms with E-state index in [1.54, 1.807) is 50.1 Å². The van der Waals surface area contributed by atoms with Gasteiger partial charge in [-0.05, 0) is 38.5 Å². The van der Waals surface area contributed by atoms with Crippen molar-refractivity contribution in [2.75, 3.05) is 23.3 Å². The molecular formula is C23H25F3N6O2. The molecular weight excluding hydrogens is 449 g/mol. The van der Waals surface area contributed by atoms with Gasteiger partial charge in [0.2, 0.25) is 0 Å². The first-order chi connectivity index (χ1) is 15.9. The van der Waals surface area contributed by atoms with Gasteiger partial charge < -0.3 is 15.3 Å². The molecule has 3 aromatic rings. The topological polar surface area (TPSA) is 96.2 Å². The Morgan fingerprint density at radius 2 is 2.00 bits per heavy atom. The number of rotatable bonds is 5. The number of amides is 1. The van der Waals surface area contributed by atoms with Gasteiger partial charge in [-0.25, -0.2) is 9.97 Å². The minimum atomic E-state index is -4.76. The second kappa shape index (κ2) is 8.71. The molecule has 1 aliphatic rings. The van der Waals surface area contributed by atoms with Gasteiger partial charge in [-0.2, -0.15) is 18.3 Å². The number of alkyl halides is 3. The number of aliphatic hydroxyl groups is 1. The summed E-state index contributed by atoms with van der Waals surface area (Å²) in [7, 11) is 1.74. The van der Waals surface area contributed by atoms with Crippen LogP contribution in [-0.2, 0) is 13.2 Å². The summed E-state index contributed by atoms with van der Waals surface area (Å²) >= 11 is 0. The quantitative estimate of drug-likeness (QED) is 0.585. The van der Waals surface area contributed by atoms with Crippen LogP contribution < -0.4 is 10.2 Å². The minimum Gasteiger partial charge on any atom is -0.390 e. The Labute approximate surface area is 194 Å². The first-order valence-electron chi connectivity index (χ1n) is 10.7. The maximum absolute atomic E-state index is 13.6. The summed E-state index contributed by atoms with van der Waals surface area (Å²) in [6, 6.07) is 5.98. The normalized spacial score (nSPS) is 16.7. The molecule has 0 saturated carbocycles. The zero-order valence-electron chi connectivity index (χ0n) is 19.0. The van der Waals surface area contributed by atoms with Crippen molar-refractivity contribution in [3.05, 3.63) is 54.2 Å². The van der Waals surface area contributed by atoms with E-state index in [4.69, 9.17) is 0 Å². The maximum atomic E-state index is 13.6. The molecule has 0 aliphatic carbocycles. The van der Waals surface area contributed by atoms with E-state index in [0.717, 1.165) is 6.20 Å². The smallest absolute Gasteiger partial charge is 0.390 e. The molecule has 0 bridgehead atoms. The van der Waals surface area contributed by atoms with Gasteiger partial charge in [-0.1, -0.05) is 6.07 Å². The molecule has 3 aromatic heterocycles. The molecule has 11 heteroatoms. The van der Waals surface area contributed by atoms with Gasteiger partial charge in [0.05, 0.1) is 35.1 Å². The summed E-state index contributed by atoms with van der Waals surface area (Å²) in [5, 5.41) is 16.7. The number of aryl methyl sites for hydroxylation is 1. The van der Waals surface area contributed by atoms with E-state index in [-0.39, 0.29) is 11.6 Å². The van der Waals surface area contributed by atoms with Crippen molar-refractivity contribution >= 4 is 17.3 Å².